The van der Waals surface area contributed by atoms with E-state index in [1.54, 1.807) is 11.9 Å². The van der Waals surface area contributed by atoms with Crippen molar-refractivity contribution in [1.29, 1.82) is 0 Å². The van der Waals surface area contributed by atoms with Gasteiger partial charge in [0.1, 0.15) is 0 Å². The van der Waals surface area contributed by atoms with Crippen LogP contribution in [0, 0.1) is 13.8 Å². The average Bonchev–Trinajstić information content (AvgIpc) is 2.56. The second-order valence-corrected chi connectivity index (χ2v) is 7.24. The molecule has 0 radical (unpaired) electrons. The Morgan fingerprint density at radius 2 is 2.23 bits per heavy atom. The first-order valence-corrected chi connectivity index (χ1v) is 9.07. The lowest BCUT2D eigenvalue weighted by molar-refractivity contribution is -0.138. The van der Waals surface area contributed by atoms with Crippen LogP contribution in [0.3, 0.4) is 0 Å². The van der Waals surface area contributed by atoms with Gasteiger partial charge in [-0.05, 0) is 32.5 Å². The lowest BCUT2D eigenvalue weighted by Crippen LogP contribution is -2.48. The summed E-state index contributed by atoms with van der Waals surface area (Å²) in [4.78, 5) is 19.6. The first kappa shape index (κ1) is 18.9. The summed E-state index contributed by atoms with van der Waals surface area (Å²) in [5.41, 5.74) is 4.06. The van der Waals surface area contributed by atoms with Crippen LogP contribution in [0.4, 0.5) is 5.69 Å². The van der Waals surface area contributed by atoms with Gasteiger partial charge in [0, 0.05) is 30.7 Å². The van der Waals surface area contributed by atoms with Gasteiger partial charge in [0.2, 0.25) is 0 Å². The molecule has 0 aliphatic carbocycles. The maximum atomic E-state index is 10.9. The summed E-state index contributed by atoms with van der Waals surface area (Å²) in [7, 11) is 1.80. The van der Waals surface area contributed by atoms with E-state index in [1.165, 1.54) is 0 Å². The summed E-state index contributed by atoms with van der Waals surface area (Å²) in [5.74, 6) is -0.832. The van der Waals surface area contributed by atoms with E-state index in [4.69, 9.17) is 21.4 Å². The summed E-state index contributed by atoms with van der Waals surface area (Å²) in [6, 6.07) is 5.86. The van der Waals surface area contributed by atoms with Gasteiger partial charge in [0.05, 0.1) is 35.5 Å². The topological polar surface area (TPSA) is 65.9 Å². The molecule has 1 aliphatic heterocycles. The minimum Gasteiger partial charge on any atom is -0.480 e. The molecule has 1 N–H and O–H groups in total. The quantitative estimate of drug-likeness (QED) is 0.864. The second kappa shape index (κ2) is 7.78. The largest absolute Gasteiger partial charge is 0.480 e. The highest BCUT2D eigenvalue weighted by Gasteiger charge is 2.25. The highest BCUT2D eigenvalue weighted by atomic mass is 35.5. The van der Waals surface area contributed by atoms with Crippen LogP contribution in [0.15, 0.2) is 18.2 Å². The SMILES string of the molecule is Cc1nc2c(Cl)cccc2c(N2CCOC(CN(C)CC(=O)O)C2)c1C. The molecule has 1 unspecified atom stereocenters. The Bertz CT molecular complexity index is 827. The fourth-order valence-corrected chi connectivity index (χ4v) is 3.75. The van der Waals surface area contributed by atoms with Gasteiger partial charge < -0.3 is 14.7 Å². The molecule has 0 amide bonds. The fourth-order valence-electron chi connectivity index (χ4n) is 3.53. The van der Waals surface area contributed by atoms with E-state index in [1.807, 2.05) is 19.1 Å². The minimum absolute atomic E-state index is 0.00575. The summed E-state index contributed by atoms with van der Waals surface area (Å²) < 4.78 is 5.87. The number of halogens is 1. The number of likely N-dealkylation sites (N-methyl/N-ethyl adjacent to an activating group) is 1. The Morgan fingerprint density at radius 1 is 1.46 bits per heavy atom. The number of hydrogen-bond donors (Lipinski definition) is 1. The van der Waals surface area contributed by atoms with E-state index >= 15 is 0 Å². The number of morpholine rings is 1. The Kier molecular flexibility index (Phi) is 5.65. The number of para-hydroxylation sites is 1. The highest BCUT2D eigenvalue weighted by molar-refractivity contribution is 6.35. The molecule has 0 spiro atoms. The molecule has 1 fully saturated rings. The number of rotatable bonds is 5. The van der Waals surface area contributed by atoms with Crippen LogP contribution in [0.5, 0.6) is 0 Å². The van der Waals surface area contributed by atoms with E-state index < -0.39 is 5.97 Å². The van der Waals surface area contributed by atoms with Gasteiger partial charge in [-0.2, -0.15) is 0 Å². The number of aryl methyl sites for hydroxylation is 1. The molecule has 1 aromatic carbocycles. The third-order valence-corrected chi connectivity index (χ3v) is 5.10. The number of benzene rings is 1. The third-order valence-electron chi connectivity index (χ3n) is 4.79. The van der Waals surface area contributed by atoms with Crippen molar-refractivity contribution in [3.63, 3.8) is 0 Å². The van der Waals surface area contributed by atoms with Gasteiger partial charge in [-0.3, -0.25) is 14.7 Å². The number of aromatic nitrogens is 1. The zero-order chi connectivity index (χ0) is 18.8. The van der Waals surface area contributed by atoms with Crippen molar-refractivity contribution in [2.24, 2.45) is 0 Å². The minimum atomic E-state index is -0.832. The molecular weight excluding hydrogens is 354 g/mol. The smallest absolute Gasteiger partial charge is 0.317 e. The zero-order valence-electron chi connectivity index (χ0n) is 15.3. The van der Waals surface area contributed by atoms with Crippen molar-refractivity contribution in [2.75, 3.05) is 44.7 Å². The van der Waals surface area contributed by atoms with Crippen LogP contribution in [-0.4, -0.2) is 66.9 Å². The molecule has 1 atom stereocenters. The van der Waals surface area contributed by atoms with Crippen molar-refractivity contribution in [2.45, 2.75) is 20.0 Å². The maximum Gasteiger partial charge on any atom is 0.317 e. The average molecular weight is 378 g/mol. The molecule has 1 saturated heterocycles. The van der Waals surface area contributed by atoms with Crippen LogP contribution in [0.1, 0.15) is 11.3 Å². The van der Waals surface area contributed by atoms with Crippen molar-refractivity contribution in [1.82, 2.24) is 9.88 Å². The second-order valence-electron chi connectivity index (χ2n) is 6.84. The number of hydrogen-bond acceptors (Lipinski definition) is 5. The number of ether oxygens (including phenoxy) is 1. The Labute approximate surface area is 158 Å². The number of carboxylic acids is 1. The Morgan fingerprint density at radius 3 is 2.96 bits per heavy atom. The van der Waals surface area contributed by atoms with Gasteiger partial charge in [-0.15, -0.1) is 0 Å². The number of anilines is 1. The van der Waals surface area contributed by atoms with Gasteiger partial charge in [-0.1, -0.05) is 23.7 Å². The van der Waals surface area contributed by atoms with Crippen molar-refractivity contribution >= 4 is 34.2 Å². The highest BCUT2D eigenvalue weighted by Crippen LogP contribution is 2.35. The number of nitrogens with zero attached hydrogens (tertiary/aromatic N) is 3. The fraction of sp³-hybridized carbons (Fsp3) is 0.474. The lowest BCUT2D eigenvalue weighted by atomic mass is 10.0. The third kappa shape index (κ3) is 3.92. The predicted octanol–water partition coefficient (Wildman–Crippen LogP) is 2.73. The zero-order valence-corrected chi connectivity index (χ0v) is 16.1. The first-order chi connectivity index (χ1) is 12.4. The van der Waals surface area contributed by atoms with Crippen LogP contribution in [0.2, 0.25) is 5.02 Å². The summed E-state index contributed by atoms with van der Waals surface area (Å²) >= 11 is 6.37. The number of carboxylic acid groups (broad SMARTS) is 1. The summed E-state index contributed by atoms with van der Waals surface area (Å²) in [6.45, 7) is 6.75. The van der Waals surface area contributed by atoms with Gasteiger partial charge >= 0.3 is 5.97 Å². The molecule has 2 aromatic rings. The van der Waals surface area contributed by atoms with Gasteiger partial charge in [0.15, 0.2) is 0 Å². The van der Waals surface area contributed by atoms with Gasteiger partial charge in [-0.25, -0.2) is 0 Å². The molecule has 3 rings (SSSR count). The van der Waals surface area contributed by atoms with Crippen molar-refractivity contribution in [3.05, 3.63) is 34.5 Å². The molecule has 6 nitrogen and oxygen atoms in total. The number of fused-ring (bicyclic) bond motifs is 1. The molecule has 0 saturated carbocycles. The van der Waals surface area contributed by atoms with Crippen LogP contribution in [0.25, 0.3) is 10.9 Å². The molecule has 140 valence electrons. The van der Waals surface area contributed by atoms with E-state index in [0.717, 1.165) is 34.4 Å². The van der Waals surface area contributed by atoms with Gasteiger partial charge in [0.25, 0.3) is 0 Å². The lowest BCUT2D eigenvalue weighted by Gasteiger charge is -2.37. The monoisotopic (exact) mass is 377 g/mol. The summed E-state index contributed by atoms with van der Waals surface area (Å²) in [6.07, 6.45) is -0.0461. The normalized spacial score (nSPS) is 17.9. The number of aliphatic carboxylic acids is 1. The molecule has 1 aliphatic rings. The van der Waals surface area contributed by atoms with Crippen LogP contribution < -0.4 is 4.90 Å². The summed E-state index contributed by atoms with van der Waals surface area (Å²) in [5, 5.41) is 10.6. The molecule has 26 heavy (non-hydrogen) atoms. The Hall–Kier alpha value is -1.89. The van der Waals surface area contributed by atoms with E-state index in [2.05, 4.69) is 22.9 Å². The van der Waals surface area contributed by atoms with Crippen molar-refractivity contribution in [3.8, 4) is 0 Å². The molecule has 7 heteroatoms. The molecule has 0 bridgehead atoms. The van der Waals surface area contributed by atoms with E-state index in [-0.39, 0.29) is 12.6 Å². The molecular formula is C19H24ClN3O3. The van der Waals surface area contributed by atoms with Crippen molar-refractivity contribution < 1.29 is 14.6 Å². The maximum absolute atomic E-state index is 10.9. The van der Waals surface area contributed by atoms with Crippen LogP contribution in [-0.2, 0) is 9.53 Å². The number of pyridine rings is 1. The molecule has 2 heterocycles. The number of carbonyl (C=O) groups is 1. The Balaban J connectivity index is 1.90. The first-order valence-electron chi connectivity index (χ1n) is 8.69. The molecule has 1 aromatic heterocycles. The predicted molar refractivity (Wildman–Crippen MR) is 103 cm³/mol. The standard InChI is InChI=1S/C19H24ClN3O3/c1-12-13(2)21-18-15(5-4-6-16(18)20)19(12)23-7-8-26-14(10-23)9-22(3)11-17(24)25/h4-6,14H,7-11H2,1-3H3,(H,24,25). The van der Waals surface area contributed by atoms with E-state index in [9.17, 15) is 4.79 Å². The van der Waals surface area contributed by atoms with E-state index in [0.29, 0.717) is 24.7 Å². The van der Waals surface area contributed by atoms with Crippen LogP contribution >= 0.6 is 11.6 Å².